The monoisotopic (exact) mass is 414 g/mol. The molecule has 166 valence electrons. The number of carbonyl (C=O) groups excluding carboxylic acids is 2. The van der Waals surface area contributed by atoms with Crippen LogP contribution in [-0.4, -0.2) is 50.6 Å². The topological polar surface area (TPSA) is 73.5 Å². The van der Waals surface area contributed by atoms with Gasteiger partial charge in [-0.3, -0.25) is 4.79 Å². The second kappa shape index (κ2) is 11.7. The molecule has 0 bridgehead atoms. The lowest BCUT2D eigenvalue weighted by Gasteiger charge is -2.37. The minimum Gasteiger partial charge on any atom is -0.355 e. The number of nitrogens with zero attached hydrogens (tertiary/aromatic N) is 1. The molecule has 6 heteroatoms. The van der Waals surface area contributed by atoms with Gasteiger partial charge in [-0.1, -0.05) is 43.7 Å². The third-order valence-electron chi connectivity index (χ3n) is 5.93. The Morgan fingerprint density at radius 2 is 1.83 bits per heavy atom. The van der Waals surface area contributed by atoms with Gasteiger partial charge in [-0.2, -0.15) is 0 Å². The highest BCUT2D eigenvalue weighted by molar-refractivity contribution is 5.89. The summed E-state index contributed by atoms with van der Waals surface area (Å²) in [7, 11) is 4.00. The summed E-state index contributed by atoms with van der Waals surface area (Å²) in [5.74, 6) is 1.59. The standard InChI is InChI=1S/C24H38N4O2/c1-17(2)22-14-19(15-23(29)25-11-12-28(4)5)18(3)13-20(22)16-26-24(30)27-21-9-7-6-8-10-21/h6-10,13,17,19-20,22H,11-12,14-16H2,1-5H3,(H,25,29)(H2,26,27,30)/t19-,20-,22-/m0/s1. The van der Waals surface area contributed by atoms with Gasteiger partial charge < -0.3 is 20.9 Å². The van der Waals surface area contributed by atoms with E-state index < -0.39 is 0 Å². The van der Waals surface area contributed by atoms with Crippen LogP contribution in [0.5, 0.6) is 0 Å². The molecule has 0 aliphatic heterocycles. The molecule has 6 nitrogen and oxygen atoms in total. The van der Waals surface area contributed by atoms with Crippen molar-refractivity contribution < 1.29 is 9.59 Å². The number of para-hydroxylation sites is 1. The number of anilines is 1. The second-order valence-electron chi connectivity index (χ2n) is 8.97. The highest BCUT2D eigenvalue weighted by Crippen LogP contribution is 2.38. The van der Waals surface area contributed by atoms with Crippen LogP contribution in [0.2, 0.25) is 0 Å². The van der Waals surface area contributed by atoms with E-state index in [1.54, 1.807) is 0 Å². The van der Waals surface area contributed by atoms with Crippen molar-refractivity contribution in [2.24, 2.45) is 23.7 Å². The van der Waals surface area contributed by atoms with Gasteiger partial charge in [-0.05, 0) is 63.2 Å². The van der Waals surface area contributed by atoms with E-state index >= 15 is 0 Å². The van der Waals surface area contributed by atoms with Crippen molar-refractivity contribution in [2.75, 3.05) is 39.0 Å². The molecule has 3 atom stereocenters. The Labute approximate surface area is 181 Å². The van der Waals surface area contributed by atoms with E-state index in [-0.39, 0.29) is 23.8 Å². The maximum atomic E-state index is 12.4. The SMILES string of the molecule is CC1=C[C@@H](CNC(=O)Nc2ccccc2)[C@H](C(C)C)C[C@H]1CC(=O)NCCN(C)C. The molecule has 1 aromatic carbocycles. The summed E-state index contributed by atoms with van der Waals surface area (Å²) in [6, 6.07) is 9.27. The predicted molar refractivity (Wildman–Crippen MR) is 123 cm³/mol. The van der Waals surface area contributed by atoms with Gasteiger partial charge in [0, 0.05) is 31.7 Å². The van der Waals surface area contributed by atoms with Crippen molar-refractivity contribution in [1.29, 1.82) is 0 Å². The summed E-state index contributed by atoms with van der Waals surface area (Å²) >= 11 is 0. The van der Waals surface area contributed by atoms with Crippen LogP contribution in [0.25, 0.3) is 0 Å². The van der Waals surface area contributed by atoms with Crippen molar-refractivity contribution in [3.8, 4) is 0 Å². The number of urea groups is 1. The third-order valence-corrected chi connectivity index (χ3v) is 5.93. The van der Waals surface area contributed by atoms with E-state index in [0.29, 0.717) is 31.3 Å². The van der Waals surface area contributed by atoms with Gasteiger partial charge in [0.1, 0.15) is 0 Å². The molecular formula is C24H38N4O2. The molecule has 0 aromatic heterocycles. The number of rotatable bonds is 9. The maximum absolute atomic E-state index is 12.4. The lowest BCUT2D eigenvalue weighted by molar-refractivity contribution is -0.122. The van der Waals surface area contributed by atoms with E-state index in [0.717, 1.165) is 18.7 Å². The molecule has 1 aliphatic carbocycles. The van der Waals surface area contributed by atoms with E-state index in [2.05, 4.69) is 47.7 Å². The number of amides is 3. The molecule has 0 spiro atoms. The predicted octanol–water partition coefficient (Wildman–Crippen LogP) is 3.73. The largest absolute Gasteiger partial charge is 0.355 e. The number of hydrogen-bond donors (Lipinski definition) is 3. The summed E-state index contributed by atoms with van der Waals surface area (Å²) in [5, 5.41) is 8.92. The number of hydrogen-bond acceptors (Lipinski definition) is 3. The Balaban J connectivity index is 1.91. The zero-order chi connectivity index (χ0) is 22.1. The van der Waals surface area contributed by atoms with Crippen LogP contribution >= 0.6 is 0 Å². The highest BCUT2D eigenvalue weighted by Gasteiger charge is 2.32. The molecule has 0 radical (unpaired) electrons. The summed E-state index contributed by atoms with van der Waals surface area (Å²) in [6.07, 6.45) is 3.79. The summed E-state index contributed by atoms with van der Waals surface area (Å²) < 4.78 is 0. The molecular weight excluding hydrogens is 376 g/mol. The van der Waals surface area contributed by atoms with Gasteiger partial charge in [0.15, 0.2) is 0 Å². The second-order valence-corrected chi connectivity index (χ2v) is 8.97. The van der Waals surface area contributed by atoms with Crippen molar-refractivity contribution in [3.05, 3.63) is 42.0 Å². The number of allylic oxidation sites excluding steroid dienone is 1. The van der Waals surface area contributed by atoms with E-state index in [4.69, 9.17) is 0 Å². The first-order chi connectivity index (χ1) is 14.3. The summed E-state index contributed by atoms with van der Waals surface area (Å²) in [6.45, 7) is 8.69. The zero-order valence-corrected chi connectivity index (χ0v) is 19.1. The number of carbonyl (C=O) groups is 2. The van der Waals surface area contributed by atoms with Crippen molar-refractivity contribution in [3.63, 3.8) is 0 Å². The number of likely N-dealkylation sites (N-methyl/N-ethyl adjacent to an activating group) is 1. The average molecular weight is 415 g/mol. The van der Waals surface area contributed by atoms with Crippen LogP contribution < -0.4 is 16.0 Å². The lowest BCUT2D eigenvalue weighted by atomic mass is 9.70. The van der Waals surface area contributed by atoms with Crippen LogP contribution in [0, 0.1) is 23.7 Å². The van der Waals surface area contributed by atoms with Gasteiger partial charge in [0.25, 0.3) is 0 Å². The summed E-state index contributed by atoms with van der Waals surface area (Å²) in [5.41, 5.74) is 2.04. The van der Waals surface area contributed by atoms with Crippen LogP contribution in [-0.2, 0) is 4.79 Å². The Morgan fingerprint density at radius 1 is 1.13 bits per heavy atom. The van der Waals surface area contributed by atoms with Crippen LogP contribution in [0.3, 0.4) is 0 Å². The minimum atomic E-state index is -0.183. The Kier molecular flexibility index (Phi) is 9.37. The Bertz CT molecular complexity index is 715. The summed E-state index contributed by atoms with van der Waals surface area (Å²) in [4.78, 5) is 26.7. The van der Waals surface area contributed by atoms with Gasteiger partial charge in [-0.15, -0.1) is 0 Å². The lowest BCUT2D eigenvalue weighted by Crippen LogP contribution is -2.39. The smallest absolute Gasteiger partial charge is 0.319 e. The fraction of sp³-hybridized carbons (Fsp3) is 0.583. The fourth-order valence-corrected chi connectivity index (χ4v) is 4.13. The first-order valence-corrected chi connectivity index (χ1v) is 11.0. The molecule has 0 unspecified atom stereocenters. The molecule has 1 aliphatic rings. The number of nitrogens with one attached hydrogen (secondary N) is 3. The van der Waals surface area contributed by atoms with Gasteiger partial charge in [0.05, 0.1) is 0 Å². The molecule has 0 saturated heterocycles. The maximum Gasteiger partial charge on any atom is 0.319 e. The Morgan fingerprint density at radius 3 is 2.47 bits per heavy atom. The van der Waals surface area contributed by atoms with Gasteiger partial charge in [-0.25, -0.2) is 4.79 Å². The Hall–Kier alpha value is -2.34. The quantitative estimate of drug-likeness (QED) is 0.539. The molecule has 0 heterocycles. The van der Waals surface area contributed by atoms with E-state index in [1.807, 2.05) is 44.4 Å². The average Bonchev–Trinajstić information content (AvgIpc) is 2.68. The normalized spacial score (nSPS) is 21.3. The molecule has 0 saturated carbocycles. The van der Waals surface area contributed by atoms with Crippen LogP contribution in [0.15, 0.2) is 42.0 Å². The minimum absolute atomic E-state index is 0.121. The van der Waals surface area contributed by atoms with Crippen molar-refractivity contribution in [1.82, 2.24) is 15.5 Å². The highest BCUT2D eigenvalue weighted by atomic mass is 16.2. The first kappa shape index (κ1) is 23.9. The molecule has 3 N–H and O–H groups in total. The van der Waals surface area contributed by atoms with Gasteiger partial charge >= 0.3 is 6.03 Å². The molecule has 1 aromatic rings. The van der Waals surface area contributed by atoms with E-state index in [1.165, 1.54) is 5.57 Å². The molecule has 0 fully saturated rings. The van der Waals surface area contributed by atoms with Crippen molar-refractivity contribution >= 4 is 17.6 Å². The molecule has 30 heavy (non-hydrogen) atoms. The van der Waals surface area contributed by atoms with Crippen LogP contribution in [0.1, 0.15) is 33.6 Å². The molecule has 3 amide bonds. The molecule has 2 rings (SSSR count). The van der Waals surface area contributed by atoms with Crippen molar-refractivity contribution in [2.45, 2.75) is 33.6 Å². The number of benzene rings is 1. The zero-order valence-electron chi connectivity index (χ0n) is 19.1. The van der Waals surface area contributed by atoms with Gasteiger partial charge in [0.2, 0.25) is 5.91 Å². The van der Waals surface area contributed by atoms with Crippen LogP contribution in [0.4, 0.5) is 10.5 Å². The first-order valence-electron chi connectivity index (χ1n) is 11.0. The van der Waals surface area contributed by atoms with E-state index in [9.17, 15) is 9.59 Å². The fourth-order valence-electron chi connectivity index (χ4n) is 4.13. The third kappa shape index (κ3) is 7.82.